The number of nitrogens with two attached hydrogens (primary N) is 1. The zero-order valence-corrected chi connectivity index (χ0v) is 14.7. The summed E-state index contributed by atoms with van der Waals surface area (Å²) in [6.07, 6.45) is 4.13. The smallest absolute Gasteiger partial charge is 0.159 e. The van der Waals surface area contributed by atoms with Gasteiger partial charge in [0.2, 0.25) is 0 Å². The molecule has 7 heteroatoms. The van der Waals surface area contributed by atoms with Crippen LogP contribution in [0.4, 0.5) is 5.82 Å². The maximum absolute atomic E-state index is 11.4. The van der Waals surface area contributed by atoms with Gasteiger partial charge in [0.05, 0.1) is 11.3 Å². The van der Waals surface area contributed by atoms with E-state index in [1.807, 2.05) is 13.8 Å². The maximum Gasteiger partial charge on any atom is 0.159 e. The number of rotatable bonds is 8. The Morgan fingerprint density at radius 3 is 2.52 bits per heavy atom. The molecule has 118 valence electrons. The van der Waals surface area contributed by atoms with Gasteiger partial charge in [-0.05, 0) is 24.8 Å². The summed E-state index contributed by atoms with van der Waals surface area (Å²) in [4.78, 5) is 0.339. The lowest BCUT2D eigenvalue weighted by Gasteiger charge is -2.16. The molecular weight excluding hydrogens is 304 g/mol. The standard InChI is InChI=1S/C14H24N4OS2/c1-5-10-11(6-2)17-18-14(12(10)13(15)20)16-8-7-9(3)21(4)19/h9H,5-8H2,1-4H3,(H2,15,20)(H,16,18). The fourth-order valence-electron chi connectivity index (χ4n) is 2.12. The normalized spacial score (nSPS) is 13.7. The highest BCUT2D eigenvalue weighted by Crippen LogP contribution is 2.21. The Bertz CT molecular complexity index is 534. The van der Waals surface area contributed by atoms with E-state index < -0.39 is 10.8 Å². The van der Waals surface area contributed by atoms with E-state index >= 15 is 0 Å². The van der Waals surface area contributed by atoms with E-state index in [0.717, 1.165) is 36.1 Å². The van der Waals surface area contributed by atoms with E-state index in [2.05, 4.69) is 22.4 Å². The lowest BCUT2D eigenvalue weighted by molar-refractivity contribution is 0.672. The molecule has 0 aliphatic carbocycles. The number of aromatic nitrogens is 2. The van der Waals surface area contributed by atoms with Gasteiger partial charge < -0.3 is 11.1 Å². The van der Waals surface area contributed by atoms with Crippen LogP contribution in [0.1, 0.15) is 44.0 Å². The van der Waals surface area contributed by atoms with Gasteiger partial charge in [-0.1, -0.05) is 33.0 Å². The van der Waals surface area contributed by atoms with Gasteiger partial charge in [-0.2, -0.15) is 5.10 Å². The molecule has 0 aliphatic heterocycles. The van der Waals surface area contributed by atoms with Gasteiger partial charge in [-0.3, -0.25) is 4.21 Å². The summed E-state index contributed by atoms with van der Waals surface area (Å²) in [5.74, 6) is 0.630. The van der Waals surface area contributed by atoms with E-state index in [4.69, 9.17) is 18.0 Å². The Morgan fingerprint density at radius 1 is 1.38 bits per heavy atom. The monoisotopic (exact) mass is 328 g/mol. The summed E-state index contributed by atoms with van der Waals surface area (Å²) >= 11 is 5.18. The lowest BCUT2D eigenvalue weighted by atomic mass is 10.0. The van der Waals surface area contributed by atoms with Gasteiger partial charge in [0.15, 0.2) is 5.82 Å². The lowest BCUT2D eigenvalue weighted by Crippen LogP contribution is -2.21. The van der Waals surface area contributed by atoms with Crippen molar-refractivity contribution < 1.29 is 4.21 Å². The van der Waals surface area contributed by atoms with E-state index in [9.17, 15) is 4.21 Å². The van der Waals surface area contributed by atoms with Crippen LogP contribution in [0.25, 0.3) is 0 Å². The third-order valence-electron chi connectivity index (χ3n) is 3.50. The van der Waals surface area contributed by atoms with E-state index in [-0.39, 0.29) is 5.25 Å². The molecule has 21 heavy (non-hydrogen) atoms. The van der Waals surface area contributed by atoms with Crippen molar-refractivity contribution in [3.63, 3.8) is 0 Å². The highest BCUT2D eigenvalue weighted by atomic mass is 32.2. The van der Waals surface area contributed by atoms with Crippen LogP contribution in [0.15, 0.2) is 0 Å². The quantitative estimate of drug-likeness (QED) is 0.708. The summed E-state index contributed by atoms with van der Waals surface area (Å²) in [6, 6.07) is 0. The third-order valence-corrected chi connectivity index (χ3v) is 5.08. The van der Waals surface area contributed by atoms with E-state index in [0.29, 0.717) is 17.4 Å². The van der Waals surface area contributed by atoms with Gasteiger partial charge in [0.25, 0.3) is 0 Å². The first-order valence-electron chi connectivity index (χ1n) is 7.16. The van der Waals surface area contributed by atoms with Crippen molar-refractivity contribution in [3.8, 4) is 0 Å². The summed E-state index contributed by atoms with van der Waals surface area (Å²) < 4.78 is 11.4. The Morgan fingerprint density at radius 2 is 2.05 bits per heavy atom. The molecule has 0 saturated carbocycles. The van der Waals surface area contributed by atoms with Crippen LogP contribution in [0.5, 0.6) is 0 Å². The Hall–Kier alpha value is -1.08. The highest BCUT2D eigenvalue weighted by molar-refractivity contribution is 7.84. The molecule has 0 amide bonds. The average Bonchev–Trinajstić information content (AvgIpc) is 2.45. The number of hydrogen-bond acceptors (Lipinski definition) is 5. The molecular formula is C14H24N4OS2. The third kappa shape index (κ3) is 4.71. The molecule has 5 nitrogen and oxygen atoms in total. The SMILES string of the molecule is CCc1nnc(NCCC(C)S(C)=O)c(C(N)=S)c1CC. The predicted molar refractivity (Wildman–Crippen MR) is 93.3 cm³/mol. The molecule has 0 aliphatic rings. The second-order valence-corrected chi connectivity index (χ2v) is 7.19. The predicted octanol–water partition coefficient (Wildman–Crippen LogP) is 1.80. The van der Waals surface area contributed by atoms with Crippen LogP contribution in [0.3, 0.4) is 0 Å². The first-order chi connectivity index (χ1) is 9.92. The van der Waals surface area contributed by atoms with Crippen molar-refractivity contribution in [2.24, 2.45) is 5.73 Å². The summed E-state index contributed by atoms with van der Waals surface area (Å²) in [5.41, 5.74) is 8.67. The highest BCUT2D eigenvalue weighted by Gasteiger charge is 2.16. The molecule has 0 spiro atoms. The van der Waals surface area contributed by atoms with E-state index in [1.165, 1.54) is 0 Å². The van der Waals surface area contributed by atoms with Crippen LogP contribution in [-0.4, -0.2) is 37.4 Å². The summed E-state index contributed by atoms with van der Waals surface area (Å²) in [5, 5.41) is 11.8. The van der Waals surface area contributed by atoms with Crippen LogP contribution in [0.2, 0.25) is 0 Å². The molecule has 2 atom stereocenters. The first-order valence-corrected chi connectivity index (χ1v) is 9.19. The van der Waals surface area contributed by atoms with Crippen molar-refractivity contribution in [2.75, 3.05) is 18.1 Å². The summed E-state index contributed by atoms with van der Waals surface area (Å²) in [6.45, 7) is 6.73. The largest absolute Gasteiger partial charge is 0.389 e. The molecule has 0 saturated heterocycles. The summed E-state index contributed by atoms with van der Waals surface area (Å²) in [7, 11) is -0.820. The van der Waals surface area contributed by atoms with Gasteiger partial charge >= 0.3 is 0 Å². The second-order valence-electron chi connectivity index (χ2n) is 4.94. The molecule has 1 aromatic rings. The van der Waals surface area contributed by atoms with Crippen LogP contribution in [0, 0.1) is 0 Å². The molecule has 0 bridgehead atoms. The van der Waals surface area contributed by atoms with Crippen LogP contribution < -0.4 is 11.1 Å². The van der Waals surface area contributed by atoms with Gasteiger partial charge in [-0.25, -0.2) is 0 Å². The Labute approximate surface area is 134 Å². The molecule has 0 aromatic carbocycles. The minimum Gasteiger partial charge on any atom is -0.389 e. The minimum absolute atomic E-state index is 0.138. The van der Waals surface area contributed by atoms with Gasteiger partial charge in [0.1, 0.15) is 4.99 Å². The zero-order chi connectivity index (χ0) is 16.0. The molecule has 0 radical (unpaired) electrons. The molecule has 1 heterocycles. The van der Waals surface area contributed by atoms with Crippen LogP contribution >= 0.6 is 12.2 Å². The number of nitrogens with zero attached hydrogens (tertiary/aromatic N) is 2. The van der Waals surface area contributed by atoms with Crippen molar-refractivity contribution in [3.05, 3.63) is 16.8 Å². The maximum atomic E-state index is 11.4. The van der Waals surface area contributed by atoms with E-state index in [1.54, 1.807) is 6.26 Å². The number of aryl methyl sites for hydroxylation is 1. The van der Waals surface area contributed by atoms with Crippen LogP contribution in [-0.2, 0) is 23.6 Å². The van der Waals surface area contributed by atoms with Crippen molar-refractivity contribution in [2.45, 2.75) is 45.3 Å². The average molecular weight is 329 g/mol. The second kappa shape index (κ2) is 8.38. The fraction of sp³-hybridized carbons (Fsp3) is 0.643. The first kappa shape index (κ1) is 18.0. The number of anilines is 1. The fourth-order valence-corrected chi connectivity index (χ4v) is 2.79. The molecule has 0 fully saturated rings. The minimum atomic E-state index is -0.820. The zero-order valence-electron chi connectivity index (χ0n) is 13.1. The van der Waals surface area contributed by atoms with Crippen molar-refractivity contribution >= 4 is 33.8 Å². The van der Waals surface area contributed by atoms with Gasteiger partial charge in [0, 0.05) is 28.9 Å². The van der Waals surface area contributed by atoms with Crippen molar-refractivity contribution in [1.29, 1.82) is 0 Å². The Kier molecular flexibility index (Phi) is 7.17. The molecule has 3 N–H and O–H groups in total. The van der Waals surface area contributed by atoms with Crippen molar-refractivity contribution in [1.82, 2.24) is 10.2 Å². The number of nitrogens with one attached hydrogen (secondary N) is 1. The molecule has 1 rings (SSSR count). The number of thiocarbonyl (C=S) groups is 1. The molecule has 1 aromatic heterocycles. The Balaban J connectivity index is 2.97. The number of hydrogen-bond donors (Lipinski definition) is 2. The van der Waals surface area contributed by atoms with Gasteiger partial charge in [-0.15, -0.1) is 5.10 Å². The molecule has 2 unspecified atom stereocenters. The topological polar surface area (TPSA) is 80.9 Å².